The van der Waals surface area contributed by atoms with E-state index in [0.29, 0.717) is 5.91 Å². The lowest BCUT2D eigenvalue weighted by molar-refractivity contribution is -0.945. The van der Waals surface area contributed by atoms with Gasteiger partial charge in [-0.3, -0.25) is 4.79 Å². The molecule has 0 N–H and O–H groups in total. The van der Waals surface area contributed by atoms with Gasteiger partial charge in [-0.1, -0.05) is 18.2 Å². The molecular formula is C20H31N2O+. The second kappa shape index (κ2) is 6.64. The molecule has 0 radical (unpaired) electrons. The van der Waals surface area contributed by atoms with Gasteiger partial charge < -0.3 is 9.38 Å². The molecule has 0 saturated carbocycles. The second-order valence-electron chi connectivity index (χ2n) is 7.43. The van der Waals surface area contributed by atoms with Crippen LogP contribution in [0.2, 0.25) is 0 Å². The number of hydrogen-bond donors (Lipinski definition) is 0. The van der Waals surface area contributed by atoms with Crippen LogP contribution in [-0.2, 0) is 4.79 Å². The highest BCUT2D eigenvalue weighted by molar-refractivity contribution is 5.98. The number of likely N-dealkylation sites (N-methyl/N-ethyl adjacent to an activating group) is 1. The maximum absolute atomic E-state index is 13.4. The predicted molar refractivity (Wildman–Crippen MR) is 95.7 cm³/mol. The number of carbonyl (C=O) groups excluding carboxylic acids is 1. The number of carbonyl (C=O) groups is 1. The number of likely N-dealkylation sites (tertiary alicyclic amines) is 1. The second-order valence-corrected chi connectivity index (χ2v) is 7.43. The van der Waals surface area contributed by atoms with Crippen molar-refractivity contribution in [1.29, 1.82) is 0 Å². The summed E-state index contributed by atoms with van der Waals surface area (Å²) in [5.74, 6) is 0.373. The van der Waals surface area contributed by atoms with Crippen molar-refractivity contribution in [3.05, 3.63) is 29.3 Å². The third kappa shape index (κ3) is 2.91. The number of benzene rings is 1. The van der Waals surface area contributed by atoms with Crippen molar-refractivity contribution >= 4 is 11.6 Å². The summed E-state index contributed by atoms with van der Waals surface area (Å²) in [6.07, 6.45) is 6.09. The van der Waals surface area contributed by atoms with E-state index < -0.39 is 0 Å². The zero-order valence-electron chi connectivity index (χ0n) is 15.0. The molecule has 23 heavy (non-hydrogen) atoms. The quantitative estimate of drug-likeness (QED) is 0.777. The standard InChI is InChI=1S/C20H31N2O/c1-4-22(14-6-5-7-15-22)18-12-9-13-21(20(18)23)19-16(2)10-8-11-17(19)3/h8,10-11,18H,4-7,9,12-15H2,1-3H3/q+1. The maximum atomic E-state index is 13.4. The highest BCUT2D eigenvalue weighted by Crippen LogP contribution is 2.33. The normalized spacial score (nSPS) is 24.7. The van der Waals surface area contributed by atoms with Gasteiger partial charge in [0.05, 0.1) is 19.6 Å². The highest BCUT2D eigenvalue weighted by Gasteiger charge is 2.45. The first-order valence-electron chi connectivity index (χ1n) is 9.32. The lowest BCUT2D eigenvalue weighted by atomic mass is 9.94. The fraction of sp³-hybridized carbons (Fsp3) is 0.650. The van der Waals surface area contributed by atoms with Crippen molar-refractivity contribution in [2.75, 3.05) is 31.1 Å². The Balaban J connectivity index is 1.92. The molecule has 1 unspecified atom stereocenters. The van der Waals surface area contributed by atoms with Crippen LogP contribution in [0.4, 0.5) is 5.69 Å². The number of anilines is 1. The van der Waals surface area contributed by atoms with E-state index in [2.05, 4.69) is 43.9 Å². The SMILES string of the molecule is CC[N+]1(C2CCCN(c3c(C)cccc3C)C2=O)CCCCC1. The zero-order valence-corrected chi connectivity index (χ0v) is 15.0. The number of amides is 1. The first kappa shape index (κ1) is 16.5. The van der Waals surface area contributed by atoms with E-state index in [9.17, 15) is 4.79 Å². The monoisotopic (exact) mass is 315 g/mol. The summed E-state index contributed by atoms with van der Waals surface area (Å²) in [6.45, 7) is 10.9. The van der Waals surface area contributed by atoms with Crippen LogP contribution in [0.25, 0.3) is 0 Å². The molecular weight excluding hydrogens is 284 g/mol. The molecule has 3 heteroatoms. The molecule has 2 saturated heterocycles. The highest BCUT2D eigenvalue weighted by atomic mass is 16.2. The summed E-state index contributed by atoms with van der Waals surface area (Å²) in [7, 11) is 0. The zero-order chi connectivity index (χ0) is 16.4. The van der Waals surface area contributed by atoms with Gasteiger partial charge in [-0.05, 0) is 57.6 Å². The number of rotatable bonds is 3. The minimum atomic E-state index is 0.174. The fourth-order valence-electron chi connectivity index (χ4n) is 4.81. The summed E-state index contributed by atoms with van der Waals surface area (Å²) in [6, 6.07) is 6.52. The summed E-state index contributed by atoms with van der Waals surface area (Å²) in [5.41, 5.74) is 3.61. The van der Waals surface area contributed by atoms with Crippen molar-refractivity contribution in [2.45, 2.75) is 58.9 Å². The molecule has 3 rings (SSSR count). The van der Waals surface area contributed by atoms with E-state index in [1.165, 1.54) is 43.5 Å². The van der Waals surface area contributed by atoms with Crippen LogP contribution in [0.3, 0.4) is 0 Å². The third-order valence-electron chi connectivity index (χ3n) is 6.12. The van der Waals surface area contributed by atoms with Gasteiger partial charge in [0.1, 0.15) is 0 Å². The Morgan fingerprint density at radius 3 is 2.35 bits per heavy atom. The van der Waals surface area contributed by atoms with Crippen LogP contribution < -0.4 is 4.90 Å². The molecule has 1 amide bonds. The summed E-state index contributed by atoms with van der Waals surface area (Å²) in [4.78, 5) is 15.5. The molecule has 126 valence electrons. The molecule has 0 bridgehead atoms. The van der Waals surface area contributed by atoms with Gasteiger partial charge in [0.15, 0.2) is 6.04 Å². The van der Waals surface area contributed by atoms with Crippen LogP contribution in [0, 0.1) is 13.8 Å². The van der Waals surface area contributed by atoms with Crippen LogP contribution >= 0.6 is 0 Å². The van der Waals surface area contributed by atoms with Gasteiger partial charge in [0.2, 0.25) is 0 Å². The molecule has 2 aliphatic heterocycles. The Kier molecular flexibility index (Phi) is 4.77. The lowest BCUT2D eigenvalue weighted by Crippen LogP contribution is -2.65. The van der Waals surface area contributed by atoms with Gasteiger partial charge in [-0.25, -0.2) is 0 Å². The van der Waals surface area contributed by atoms with E-state index in [-0.39, 0.29) is 6.04 Å². The number of quaternary nitrogens is 1. The molecule has 0 aromatic heterocycles. The van der Waals surface area contributed by atoms with Crippen LogP contribution in [0.1, 0.15) is 50.2 Å². The number of piperidine rings is 2. The van der Waals surface area contributed by atoms with E-state index in [1.54, 1.807) is 0 Å². The van der Waals surface area contributed by atoms with E-state index in [1.807, 2.05) is 0 Å². The number of nitrogens with zero attached hydrogens (tertiary/aromatic N) is 2. The first-order chi connectivity index (χ1) is 11.1. The molecule has 0 spiro atoms. The Morgan fingerprint density at radius 1 is 1.09 bits per heavy atom. The van der Waals surface area contributed by atoms with Crippen molar-refractivity contribution in [1.82, 2.24) is 0 Å². The van der Waals surface area contributed by atoms with Gasteiger partial charge in [-0.15, -0.1) is 0 Å². The smallest absolute Gasteiger partial charge is 0.285 e. The minimum Gasteiger partial charge on any atom is -0.314 e. The summed E-state index contributed by atoms with van der Waals surface area (Å²) < 4.78 is 1.03. The largest absolute Gasteiger partial charge is 0.314 e. The number of aryl methyl sites for hydroxylation is 2. The van der Waals surface area contributed by atoms with Crippen molar-refractivity contribution < 1.29 is 9.28 Å². The van der Waals surface area contributed by atoms with E-state index in [0.717, 1.165) is 36.1 Å². The molecule has 1 atom stereocenters. The Hall–Kier alpha value is -1.35. The average molecular weight is 315 g/mol. The molecule has 3 nitrogen and oxygen atoms in total. The molecule has 2 heterocycles. The summed E-state index contributed by atoms with van der Waals surface area (Å²) >= 11 is 0. The molecule has 1 aromatic rings. The minimum absolute atomic E-state index is 0.174. The maximum Gasteiger partial charge on any atom is 0.285 e. The Bertz CT molecular complexity index is 555. The average Bonchev–Trinajstić information content (AvgIpc) is 2.57. The third-order valence-corrected chi connectivity index (χ3v) is 6.12. The molecule has 2 aliphatic rings. The van der Waals surface area contributed by atoms with Crippen LogP contribution in [0.15, 0.2) is 18.2 Å². The Morgan fingerprint density at radius 2 is 1.74 bits per heavy atom. The summed E-state index contributed by atoms with van der Waals surface area (Å²) in [5, 5.41) is 0. The molecule has 2 fully saturated rings. The van der Waals surface area contributed by atoms with E-state index >= 15 is 0 Å². The van der Waals surface area contributed by atoms with Gasteiger partial charge in [0.25, 0.3) is 5.91 Å². The Labute approximate surface area is 140 Å². The van der Waals surface area contributed by atoms with Crippen LogP contribution in [-0.4, -0.2) is 42.6 Å². The van der Waals surface area contributed by atoms with Crippen molar-refractivity contribution in [2.24, 2.45) is 0 Å². The van der Waals surface area contributed by atoms with Crippen molar-refractivity contribution in [3.8, 4) is 0 Å². The first-order valence-corrected chi connectivity index (χ1v) is 9.32. The fourth-order valence-corrected chi connectivity index (χ4v) is 4.81. The number of hydrogen-bond acceptors (Lipinski definition) is 1. The van der Waals surface area contributed by atoms with Gasteiger partial charge in [0, 0.05) is 18.7 Å². The molecule has 0 aliphatic carbocycles. The molecule has 1 aromatic carbocycles. The number of para-hydroxylation sites is 1. The van der Waals surface area contributed by atoms with Crippen LogP contribution in [0.5, 0.6) is 0 Å². The van der Waals surface area contributed by atoms with Gasteiger partial charge >= 0.3 is 0 Å². The lowest BCUT2D eigenvalue weighted by Gasteiger charge is -2.49. The topological polar surface area (TPSA) is 20.3 Å². The van der Waals surface area contributed by atoms with Crippen molar-refractivity contribution in [3.63, 3.8) is 0 Å². The predicted octanol–water partition coefficient (Wildman–Crippen LogP) is 3.82. The van der Waals surface area contributed by atoms with Gasteiger partial charge in [-0.2, -0.15) is 0 Å². The van der Waals surface area contributed by atoms with E-state index in [4.69, 9.17) is 0 Å².